The lowest BCUT2D eigenvalue weighted by atomic mass is 9.95. The van der Waals surface area contributed by atoms with Crippen molar-refractivity contribution in [2.24, 2.45) is 0 Å². The van der Waals surface area contributed by atoms with Crippen LogP contribution in [0.5, 0.6) is 0 Å². The molecule has 2 heteroatoms. The standard InChI is InChI=1S/C17H27NO/c1-6-7-9-19-10-8-18-16(5)17-14(3)11-13(2)12-15(17)4/h6,11-12,16,18H,1,7-10H2,2-5H3. The highest BCUT2D eigenvalue weighted by Gasteiger charge is 2.11. The fourth-order valence-electron chi connectivity index (χ4n) is 2.59. The van der Waals surface area contributed by atoms with Crippen LogP contribution in [0, 0.1) is 20.8 Å². The summed E-state index contributed by atoms with van der Waals surface area (Å²) in [4.78, 5) is 0. The molecule has 0 saturated carbocycles. The van der Waals surface area contributed by atoms with Gasteiger partial charge in [0.2, 0.25) is 0 Å². The predicted molar refractivity (Wildman–Crippen MR) is 82.7 cm³/mol. The quantitative estimate of drug-likeness (QED) is 0.567. The van der Waals surface area contributed by atoms with E-state index in [-0.39, 0.29) is 0 Å². The van der Waals surface area contributed by atoms with Crippen LogP contribution in [0.2, 0.25) is 0 Å². The Hall–Kier alpha value is -1.12. The monoisotopic (exact) mass is 261 g/mol. The van der Waals surface area contributed by atoms with Gasteiger partial charge in [0, 0.05) is 12.6 Å². The molecule has 1 N–H and O–H groups in total. The number of rotatable bonds is 8. The molecular formula is C17H27NO. The van der Waals surface area contributed by atoms with Crippen LogP contribution in [0.4, 0.5) is 0 Å². The number of benzene rings is 1. The Morgan fingerprint density at radius 2 is 1.84 bits per heavy atom. The maximum atomic E-state index is 5.51. The van der Waals surface area contributed by atoms with Crippen molar-refractivity contribution in [3.63, 3.8) is 0 Å². The van der Waals surface area contributed by atoms with Gasteiger partial charge in [-0.15, -0.1) is 6.58 Å². The van der Waals surface area contributed by atoms with Gasteiger partial charge in [0.1, 0.15) is 0 Å². The van der Waals surface area contributed by atoms with Gasteiger partial charge in [0.05, 0.1) is 13.2 Å². The van der Waals surface area contributed by atoms with Gasteiger partial charge in [-0.3, -0.25) is 0 Å². The van der Waals surface area contributed by atoms with E-state index in [1.807, 2.05) is 6.08 Å². The van der Waals surface area contributed by atoms with Crippen molar-refractivity contribution in [2.45, 2.75) is 40.2 Å². The van der Waals surface area contributed by atoms with Crippen LogP contribution in [0.15, 0.2) is 24.8 Å². The summed E-state index contributed by atoms with van der Waals surface area (Å²) in [6, 6.07) is 4.87. The van der Waals surface area contributed by atoms with Gasteiger partial charge in [-0.2, -0.15) is 0 Å². The average molecular weight is 261 g/mol. The Balaban J connectivity index is 2.45. The van der Waals surface area contributed by atoms with Gasteiger partial charge in [-0.25, -0.2) is 0 Å². The first-order valence-corrected chi connectivity index (χ1v) is 7.06. The molecule has 0 aromatic heterocycles. The van der Waals surface area contributed by atoms with Crippen molar-refractivity contribution < 1.29 is 4.74 Å². The van der Waals surface area contributed by atoms with E-state index in [2.05, 4.69) is 51.7 Å². The summed E-state index contributed by atoms with van der Waals surface area (Å²) in [7, 11) is 0. The predicted octanol–water partition coefficient (Wildman–Crippen LogP) is 3.86. The van der Waals surface area contributed by atoms with Crippen molar-refractivity contribution in [1.29, 1.82) is 0 Å². The molecule has 0 fully saturated rings. The highest BCUT2D eigenvalue weighted by atomic mass is 16.5. The third kappa shape index (κ3) is 5.17. The summed E-state index contributed by atoms with van der Waals surface area (Å²) in [5.41, 5.74) is 5.48. The molecule has 0 aliphatic rings. The van der Waals surface area contributed by atoms with Crippen molar-refractivity contribution in [2.75, 3.05) is 19.8 Å². The molecule has 1 atom stereocenters. The van der Waals surface area contributed by atoms with Crippen LogP contribution in [-0.2, 0) is 4.74 Å². The minimum atomic E-state index is 0.364. The molecule has 1 unspecified atom stereocenters. The zero-order valence-electron chi connectivity index (χ0n) is 12.8. The van der Waals surface area contributed by atoms with Crippen molar-refractivity contribution >= 4 is 0 Å². The number of hydrogen-bond acceptors (Lipinski definition) is 2. The number of nitrogens with one attached hydrogen (secondary N) is 1. The van der Waals surface area contributed by atoms with E-state index in [4.69, 9.17) is 4.74 Å². The highest BCUT2D eigenvalue weighted by Crippen LogP contribution is 2.23. The van der Waals surface area contributed by atoms with Gasteiger partial charge in [0.25, 0.3) is 0 Å². The van der Waals surface area contributed by atoms with Crippen LogP contribution in [-0.4, -0.2) is 19.8 Å². The summed E-state index contributed by atoms with van der Waals surface area (Å²) in [6.07, 6.45) is 2.81. The van der Waals surface area contributed by atoms with Crippen LogP contribution in [0.25, 0.3) is 0 Å². The molecule has 0 spiro atoms. The van der Waals surface area contributed by atoms with Crippen molar-refractivity contribution in [3.8, 4) is 0 Å². The molecule has 0 aliphatic carbocycles. The molecule has 0 amide bonds. The van der Waals surface area contributed by atoms with E-state index in [0.29, 0.717) is 6.04 Å². The third-order valence-corrected chi connectivity index (χ3v) is 3.33. The van der Waals surface area contributed by atoms with E-state index in [1.54, 1.807) is 0 Å². The lowest BCUT2D eigenvalue weighted by molar-refractivity contribution is 0.138. The van der Waals surface area contributed by atoms with Crippen LogP contribution >= 0.6 is 0 Å². The van der Waals surface area contributed by atoms with E-state index in [0.717, 1.165) is 26.2 Å². The molecule has 2 nitrogen and oxygen atoms in total. The molecule has 19 heavy (non-hydrogen) atoms. The Labute approximate surface area is 117 Å². The second-order valence-electron chi connectivity index (χ2n) is 5.18. The number of hydrogen-bond donors (Lipinski definition) is 1. The van der Waals surface area contributed by atoms with Crippen LogP contribution in [0.1, 0.15) is 41.6 Å². The second kappa shape index (κ2) is 8.13. The summed E-state index contributed by atoms with van der Waals surface area (Å²) < 4.78 is 5.51. The summed E-state index contributed by atoms with van der Waals surface area (Å²) >= 11 is 0. The Morgan fingerprint density at radius 1 is 1.21 bits per heavy atom. The molecule has 0 radical (unpaired) electrons. The molecule has 106 valence electrons. The smallest absolute Gasteiger partial charge is 0.0591 e. The van der Waals surface area contributed by atoms with Crippen LogP contribution < -0.4 is 5.32 Å². The molecule has 0 heterocycles. The van der Waals surface area contributed by atoms with E-state index in [1.165, 1.54) is 22.3 Å². The first-order chi connectivity index (χ1) is 9.06. The van der Waals surface area contributed by atoms with Crippen LogP contribution in [0.3, 0.4) is 0 Å². The minimum absolute atomic E-state index is 0.364. The van der Waals surface area contributed by atoms with E-state index in [9.17, 15) is 0 Å². The lowest BCUT2D eigenvalue weighted by Gasteiger charge is -2.20. The molecule has 0 bridgehead atoms. The number of ether oxygens (including phenoxy) is 1. The third-order valence-electron chi connectivity index (χ3n) is 3.33. The highest BCUT2D eigenvalue weighted by molar-refractivity contribution is 5.39. The second-order valence-corrected chi connectivity index (χ2v) is 5.18. The van der Waals surface area contributed by atoms with E-state index < -0.39 is 0 Å². The maximum absolute atomic E-state index is 5.51. The Morgan fingerprint density at radius 3 is 2.42 bits per heavy atom. The average Bonchev–Trinajstić information content (AvgIpc) is 2.32. The van der Waals surface area contributed by atoms with Gasteiger partial charge in [-0.1, -0.05) is 23.8 Å². The number of aryl methyl sites for hydroxylation is 3. The fraction of sp³-hybridized carbons (Fsp3) is 0.529. The molecule has 1 rings (SSSR count). The summed E-state index contributed by atoms with van der Waals surface area (Å²) in [5, 5.41) is 3.53. The molecule has 1 aromatic rings. The SMILES string of the molecule is C=CCCOCCNC(C)c1c(C)cc(C)cc1C. The molecule has 0 aliphatic heterocycles. The van der Waals surface area contributed by atoms with Gasteiger partial charge >= 0.3 is 0 Å². The molecule has 0 saturated heterocycles. The minimum Gasteiger partial charge on any atom is -0.380 e. The Bertz CT molecular complexity index is 389. The van der Waals surface area contributed by atoms with Gasteiger partial charge in [-0.05, 0) is 50.8 Å². The van der Waals surface area contributed by atoms with E-state index >= 15 is 0 Å². The Kier molecular flexibility index (Phi) is 6.82. The normalized spacial score (nSPS) is 12.4. The zero-order chi connectivity index (χ0) is 14.3. The van der Waals surface area contributed by atoms with Gasteiger partial charge < -0.3 is 10.1 Å². The lowest BCUT2D eigenvalue weighted by Crippen LogP contribution is -2.24. The summed E-state index contributed by atoms with van der Waals surface area (Å²) in [6.45, 7) is 14.8. The molecular weight excluding hydrogens is 234 g/mol. The van der Waals surface area contributed by atoms with Crippen molar-refractivity contribution in [1.82, 2.24) is 5.32 Å². The largest absolute Gasteiger partial charge is 0.380 e. The van der Waals surface area contributed by atoms with Gasteiger partial charge in [0.15, 0.2) is 0 Å². The first kappa shape index (κ1) is 15.9. The first-order valence-electron chi connectivity index (χ1n) is 7.06. The van der Waals surface area contributed by atoms with Crippen molar-refractivity contribution in [3.05, 3.63) is 47.0 Å². The fourth-order valence-corrected chi connectivity index (χ4v) is 2.59. The summed E-state index contributed by atoms with van der Waals surface area (Å²) in [5.74, 6) is 0. The topological polar surface area (TPSA) is 21.3 Å². The maximum Gasteiger partial charge on any atom is 0.0591 e. The zero-order valence-corrected chi connectivity index (χ0v) is 12.8. The molecule has 1 aromatic carbocycles.